The van der Waals surface area contributed by atoms with Gasteiger partial charge >= 0.3 is 0 Å². The number of rotatable bonds is 4. The number of thioether (sulfide) groups is 1. The van der Waals surface area contributed by atoms with Crippen molar-refractivity contribution in [2.24, 2.45) is 5.73 Å². The number of nitrogens with zero attached hydrogens (tertiary/aromatic N) is 2. The van der Waals surface area contributed by atoms with Crippen LogP contribution in [-0.2, 0) is 6.54 Å². The summed E-state index contributed by atoms with van der Waals surface area (Å²) in [5.74, 6) is 0. The van der Waals surface area contributed by atoms with Crippen molar-refractivity contribution in [1.82, 2.24) is 4.90 Å². The molecular weight excluding hydrogens is 254 g/mol. The van der Waals surface area contributed by atoms with Crippen molar-refractivity contribution in [3.63, 3.8) is 0 Å². The third kappa shape index (κ3) is 2.76. The molecule has 0 bridgehead atoms. The summed E-state index contributed by atoms with van der Waals surface area (Å²) < 4.78 is 0. The SMILES string of the molecule is CSc1cccc(N2CCN(C3CC3)CC2)c1CN. The summed E-state index contributed by atoms with van der Waals surface area (Å²) >= 11 is 1.80. The second-order valence-corrected chi connectivity index (χ2v) is 6.26. The first kappa shape index (κ1) is 13.3. The molecule has 0 radical (unpaired) electrons. The van der Waals surface area contributed by atoms with Gasteiger partial charge in [-0.3, -0.25) is 4.90 Å². The van der Waals surface area contributed by atoms with E-state index >= 15 is 0 Å². The fourth-order valence-electron chi connectivity index (χ4n) is 3.01. The summed E-state index contributed by atoms with van der Waals surface area (Å²) in [6, 6.07) is 7.47. The standard InChI is InChI=1S/C15H23N3S/c1-19-15-4-2-3-14(13(15)11-16)18-9-7-17(8-10-18)12-5-6-12/h2-4,12H,5-11,16H2,1H3. The van der Waals surface area contributed by atoms with Gasteiger partial charge in [0.2, 0.25) is 0 Å². The molecule has 2 aliphatic rings. The van der Waals surface area contributed by atoms with Crippen LogP contribution in [0.1, 0.15) is 18.4 Å². The Morgan fingerprint density at radius 2 is 1.95 bits per heavy atom. The van der Waals surface area contributed by atoms with Crippen molar-refractivity contribution in [3.8, 4) is 0 Å². The first-order chi connectivity index (χ1) is 9.33. The first-order valence-corrected chi connectivity index (χ1v) is 8.41. The molecular formula is C15H23N3S. The molecule has 4 heteroatoms. The lowest BCUT2D eigenvalue weighted by Crippen LogP contribution is -2.47. The lowest BCUT2D eigenvalue weighted by Gasteiger charge is -2.37. The Bertz CT molecular complexity index is 437. The van der Waals surface area contributed by atoms with Crippen LogP contribution in [0.25, 0.3) is 0 Å². The molecule has 0 unspecified atom stereocenters. The molecule has 3 nitrogen and oxygen atoms in total. The monoisotopic (exact) mass is 277 g/mol. The molecule has 1 aliphatic carbocycles. The van der Waals surface area contributed by atoms with E-state index in [1.165, 1.54) is 42.1 Å². The van der Waals surface area contributed by atoms with Crippen molar-refractivity contribution in [3.05, 3.63) is 23.8 Å². The van der Waals surface area contributed by atoms with Gasteiger partial charge in [-0.2, -0.15) is 0 Å². The molecule has 0 aromatic heterocycles. The Morgan fingerprint density at radius 1 is 1.21 bits per heavy atom. The molecule has 0 spiro atoms. The zero-order valence-corrected chi connectivity index (χ0v) is 12.5. The topological polar surface area (TPSA) is 32.5 Å². The van der Waals surface area contributed by atoms with E-state index in [0.717, 1.165) is 19.1 Å². The van der Waals surface area contributed by atoms with Gasteiger partial charge in [-0.05, 0) is 31.2 Å². The van der Waals surface area contributed by atoms with Gasteiger partial charge in [-0.1, -0.05) is 6.07 Å². The third-order valence-corrected chi connectivity index (χ3v) is 5.07. The molecule has 2 N–H and O–H groups in total. The van der Waals surface area contributed by atoms with E-state index < -0.39 is 0 Å². The van der Waals surface area contributed by atoms with Crippen LogP contribution in [-0.4, -0.2) is 43.4 Å². The molecule has 19 heavy (non-hydrogen) atoms. The normalized spacial score (nSPS) is 20.8. The van der Waals surface area contributed by atoms with Crippen LogP contribution in [0.15, 0.2) is 23.1 Å². The van der Waals surface area contributed by atoms with Gasteiger partial charge in [-0.15, -0.1) is 11.8 Å². The molecule has 0 atom stereocenters. The van der Waals surface area contributed by atoms with Crippen molar-refractivity contribution in [2.75, 3.05) is 37.3 Å². The molecule has 2 fully saturated rings. The summed E-state index contributed by atoms with van der Waals surface area (Å²) in [5.41, 5.74) is 8.64. The molecule has 1 saturated heterocycles. The van der Waals surface area contributed by atoms with E-state index in [1.807, 2.05) is 0 Å². The molecule has 1 saturated carbocycles. The van der Waals surface area contributed by atoms with E-state index in [2.05, 4.69) is 34.3 Å². The minimum absolute atomic E-state index is 0.634. The summed E-state index contributed by atoms with van der Waals surface area (Å²) in [6.07, 6.45) is 4.95. The second-order valence-electron chi connectivity index (χ2n) is 5.42. The van der Waals surface area contributed by atoms with Crippen LogP contribution in [0.3, 0.4) is 0 Å². The summed E-state index contributed by atoms with van der Waals surface area (Å²) in [7, 11) is 0. The molecule has 1 aromatic rings. The van der Waals surface area contributed by atoms with Crippen molar-refractivity contribution >= 4 is 17.4 Å². The fraction of sp³-hybridized carbons (Fsp3) is 0.600. The lowest BCUT2D eigenvalue weighted by atomic mass is 10.1. The molecule has 1 aliphatic heterocycles. The van der Waals surface area contributed by atoms with Gasteiger partial charge < -0.3 is 10.6 Å². The summed E-state index contributed by atoms with van der Waals surface area (Å²) in [5, 5.41) is 0. The number of hydrogen-bond donors (Lipinski definition) is 1. The van der Waals surface area contributed by atoms with Crippen molar-refractivity contribution < 1.29 is 0 Å². The number of anilines is 1. The van der Waals surface area contributed by atoms with E-state index in [4.69, 9.17) is 5.73 Å². The van der Waals surface area contributed by atoms with Crippen LogP contribution in [0.2, 0.25) is 0 Å². The van der Waals surface area contributed by atoms with Crippen LogP contribution < -0.4 is 10.6 Å². The average Bonchev–Trinajstić information content (AvgIpc) is 3.31. The number of nitrogens with two attached hydrogens (primary N) is 1. The van der Waals surface area contributed by atoms with E-state index in [9.17, 15) is 0 Å². The maximum Gasteiger partial charge on any atom is 0.0423 e. The molecule has 1 aromatic carbocycles. The number of benzene rings is 1. The molecule has 0 amide bonds. The minimum Gasteiger partial charge on any atom is -0.369 e. The molecule has 3 rings (SSSR count). The van der Waals surface area contributed by atoms with Gasteiger partial charge in [0.15, 0.2) is 0 Å². The highest BCUT2D eigenvalue weighted by atomic mass is 32.2. The third-order valence-electron chi connectivity index (χ3n) is 4.25. The molecule has 1 heterocycles. The Labute approximate surface area is 120 Å². The van der Waals surface area contributed by atoms with Gasteiger partial charge in [0.05, 0.1) is 0 Å². The Hall–Kier alpha value is -0.710. The van der Waals surface area contributed by atoms with E-state index in [1.54, 1.807) is 11.8 Å². The van der Waals surface area contributed by atoms with Crippen LogP contribution >= 0.6 is 11.8 Å². The predicted molar refractivity (Wildman–Crippen MR) is 82.9 cm³/mol. The maximum atomic E-state index is 5.97. The Morgan fingerprint density at radius 3 is 2.53 bits per heavy atom. The van der Waals surface area contributed by atoms with Crippen molar-refractivity contribution in [1.29, 1.82) is 0 Å². The number of piperazine rings is 1. The quantitative estimate of drug-likeness (QED) is 0.855. The highest BCUT2D eigenvalue weighted by molar-refractivity contribution is 7.98. The summed E-state index contributed by atoms with van der Waals surface area (Å²) in [6.45, 7) is 5.33. The van der Waals surface area contributed by atoms with Gasteiger partial charge in [0, 0.05) is 54.9 Å². The zero-order valence-electron chi connectivity index (χ0n) is 11.6. The van der Waals surface area contributed by atoms with E-state index in [-0.39, 0.29) is 0 Å². The zero-order chi connectivity index (χ0) is 13.2. The smallest absolute Gasteiger partial charge is 0.0423 e. The fourth-order valence-corrected chi connectivity index (χ4v) is 3.66. The predicted octanol–water partition coefficient (Wildman–Crippen LogP) is 2.15. The largest absolute Gasteiger partial charge is 0.369 e. The van der Waals surface area contributed by atoms with Crippen LogP contribution in [0.4, 0.5) is 5.69 Å². The van der Waals surface area contributed by atoms with Crippen LogP contribution in [0, 0.1) is 0 Å². The van der Waals surface area contributed by atoms with Gasteiger partial charge in [0.25, 0.3) is 0 Å². The lowest BCUT2D eigenvalue weighted by molar-refractivity contribution is 0.248. The summed E-state index contributed by atoms with van der Waals surface area (Å²) in [4.78, 5) is 6.49. The van der Waals surface area contributed by atoms with Gasteiger partial charge in [-0.25, -0.2) is 0 Å². The Balaban J connectivity index is 1.75. The van der Waals surface area contributed by atoms with Crippen molar-refractivity contribution in [2.45, 2.75) is 30.3 Å². The Kier molecular flexibility index (Phi) is 4.01. The highest BCUT2D eigenvalue weighted by Gasteiger charge is 2.31. The van der Waals surface area contributed by atoms with E-state index in [0.29, 0.717) is 6.54 Å². The number of hydrogen-bond acceptors (Lipinski definition) is 4. The second kappa shape index (κ2) is 5.73. The maximum absolute atomic E-state index is 5.97. The first-order valence-electron chi connectivity index (χ1n) is 7.18. The van der Waals surface area contributed by atoms with Gasteiger partial charge in [0.1, 0.15) is 0 Å². The van der Waals surface area contributed by atoms with Crippen LogP contribution in [0.5, 0.6) is 0 Å². The highest BCUT2D eigenvalue weighted by Crippen LogP contribution is 2.32. The molecule has 104 valence electrons. The average molecular weight is 277 g/mol. The minimum atomic E-state index is 0.634.